The highest BCUT2D eigenvalue weighted by atomic mass is 16.5. The number of aryl methyl sites for hydroxylation is 1. The van der Waals surface area contributed by atoms with E-state index in [-0.39, 0.29) is 17.1 Å². The minimum absolute atomic E-state index is 0.00727. The molecule has 0 unspecified atom stereocenters. The highest BCUT2D eigenvalue weighted by Gasteiger charge is 2.37. The van der Waals surface area contributed by atoms with Crippen LogP contribution in [0.15, 0.2) is 4.79 Å². The van der Waals surface area contributed by atoms with Crippen molar-refractivity contribution in [3.8, 4) is 0 Å². The third-order valence-electron chi connectivity index (χ3n) is 4.24. The van der Waals surface area contributed by atoms with E-state index < -0.39 is 0 Å². The van der Waals surface area contributed by atoms with Gasteiger partial charge in [-0.3, -0.25) is 4.79 Å². The number of H-pyrrole nitrogens is 1. The molecule has 0 saturated heterocycles. The predicted molar refractivity (Wildman–Crippen MR) is 80.1 cm³/mol. The summed E-state index contributed by atoms with van der Waals surface area (Å²) in [5.41, 5.74) is 1.23. The minimum atomic E-state index is -0.383. The van der Waals surface area contributed by atoms with Crippen LogP contribution in [0, 0.1) is 6.92 Å². The maximum absolute atomic E-state index is 12.3. The van der Waals surface area contributed by atoms with Gasteiger partial charge in [0, 0.05) is 17.9 Å². The lowest BCUT2D eigenvalue weighted by atomic mass is 9.83. The zero-order valence-electron chi connectivity index (χ0n) is 13.1. The highest BCUT2D eigenvalue weighted by molar-refractivity contribution is 5.22. The summed E-state index contributed by atoms with van der Waals surface area (Å²) >= 11 is 0. The van der Waals surface area contributed by atoms with Crippen molar-refractivity contribution in [1.82, 2.24) is 9.97 Å². The molecule has 2 rings (SSSR count). The van der Waals surface area contributed by atoms with Crippen molar-refractivity contribution in [2.75, 3.05) is 6.61 Å². The van der Waals surface area contributed by atoms with Gasteiger partial charge < -0.3 is 9.72 Å². The maximum atomic E-state index is 12.3. The summed E-state index contributed by atoms with van der Waals surface area (Å²) in [6.07, 6.45) is 5.40. The average molecular weight is 278 g/mol. The van der Waals surface area contributed by atoms with Crippen LogP contribution in [0.2, 0.25) is 0 Å². The van der Waals surface area contributed by atoms with Crippen molar-refractivity contribution >= 4 is 0 Å². The fourth-order valence-electron chi connectivity index (χ4n) is 3.34. The van der Waals surface area contributed by atoms with Crippen molar-refractivity contribution in [2.45, 2.75) is 71.3 Å². The largest absolute Gasteiger partial charge is 0.367 e. The van der Waals surface area contributed by atoms with Crippen LogP contribution in [0.3, 0.4) is 0 Å². The molecular weight excluding hydrogens is 252 g/mol. The number of hydrogen-bond acceptors (Lipinski definition) is 3. The number of aromatic nitrogens is 2. The smallest absolute Gasteiger partial charge is 0.254 e. The molecule has 112 valence electrons. The predicted octanol–water partition coefficient (Wildman–Crippen LogP) is 3.40. The molecule has 4 heteroatoms. The van der Waals surface area contributed by atoms with E-state index in [2.05, 4.69) is 9.97 Å². The molecule has 1 N–H and O–H groups in total. The van der Waals surface area contributed by atoms with E-state index in [4.69, 9.17) is 4.74 Å². The summed E-state index contributed by atoms with van der Waals surface area (Å²) in [5.74, 6) is 0.917. The second-order valence-electron chi connectivity index (χ2n) is 6.06. The lowest BCUT2D eigenvalue weighted by Crippen LogP contribution is -2.37. The van der Waals surface area contributed by atoms with Crippen LogP contribution in [0.1, 0.15) is 75.9 Å². The molecule has 1 aliphatic carbocycles. The lowest BCUT2D eigenvalue weighted by molar-refractivity contribution is -0.0769. The summed E-state index contributed by atoms with van der Waals surface area (Å²) in [5, 5.41) is 0. The molecule has 1 fully saturated rings. The standard InChI is InChI=1S/C16H26N2O2/c1-5-20-16(9-7-6-8-10-16)15-17-12(4)13(11(2)3)14(19)18-15/h11H,5-10H2,1-4H3,(H,17,18,19). The van der Waals surface area contributed by atoms with E-state index in [1.165, 1.54) is 6.42 Å². The van der Waals surface area contributed by atoms with Crippen LogP contribution >= 0.6 is 0 Å². The number of aromatic amines is 1. The molecule has 1 aliphatic rings. The minimum Gasteiger partial charge on any atom is -0.367 e. The molecule has 1 aromatic rings. The number of rotatable bonds is 4. The van der Waals surface area contributed by atoms with Gasteiger partial charge in [-0.1, -0.05) is 33.1 Å². The summed E-state index contributed by atoms with van der Waals surface area (Å²) in [6.45, 7) is 8.63. The summed E-state index contributed by atoms with van der Waals surface area (Å²) < 4.78 is 6.03. The number of nitrogens with zero attached hydrogens (tertiary/aromatic N) is 1. The van der Waals surface area contributed by atoms with Gasteiger partial charge in [-0.05, 0) is 32.6 Å². The number of ether oxygens (including phenoxy) is 1. The molecule has 1 heterocycles. The Morgan fingerprint density at radius 1 is 1.30 bits per heavy atom. The molecule has 1 saturated carbocycles. The van der Waals surface area contributed by atoms with E-state index in [1.54, 1.807) is 0 Å². The van der Waals surface area contributed by atoms with Gasteiger partial charge in [-0.15, -0.1) is 0 Å². The van der Waals surface area contributed by atoms with E-state index in [0.717, 1.165) is 42.8 Å². The maximum Gasteiger partial charge on any atom is 0.254 e. The van der Waals surface area contributed by atoms with Gasteiger partial charge >= 0.3 is 0 Å². The molecule has 20 heavy (non-hydrogen) atoms. The molecule has 0 aliphatic heterocycles. The van der Waals surface area contributed by atoms with Gasteiger partial charge in [-0.25, -0.2) is 4.98 Å². The van der Waals surface area contributed by atoms with E-state index in [9.17, 15) is 4.79 Å². The van der Waals surface area contributed by atoms with Crippen LogP contribution in [-0.4, -0.2) is 16.6 Å². The second kappa shape index (κ2) is 6.08. The number of hydrogen-bond donors (Lipinski definition) is 1. The lowest BCUT2D eigenvalue weighted by Gasteiger charge is -2.36. The Morgan fingerprint density at radius 3 is 2.45 bits per heavy atom. The van der Waals surface area contributed by atoms with Gasteiger partial charge in [0.2, 0.25) is 0 Å². The Bertz CT molecular complexity index is 508. The molecule has 1 aromatic heterocycles. The Balaban J connectivity index is 2.47. The van der Waals surface area contributed by atoms with Gasteiger partial charge in [0.25, 0.3) is 5.56 Å². The summed E-state index contributed by atoms with van der Waals surface area (Å²) in [7, 11) is 0. The topological polar surface area (TPSA) is 55.0 Å². The van der Waals surface area contributed by atoms with E-state index in [0.29, 0.717) is 6.61 Å². The monoisotopic (exact) mass is 278 g/mol. The van der Waals surface area contributed by atoms with Crippen LogP contribution < -0.4 is 5.56 Å². The molecule has 0 aromatic carbocycles. The molecule has 4 nitrogen and oxygen atoms in total. The van der Waals surface area contributed by atoms with Gasteiger partial charge in [0.1, 0.15) is 11.4 Å². The molecule has 0 amide bonds. The van der Waals surface area contributed by atoms with Crippen molar-refractivity contribution in [1.29, 1.82) is 0 Å². The summed E-state index contributed by atoms with van der Waals surface area (Å²) in [6, 6.07) is 0. The van der Waals surface area contributed by atoms with Crippen LogP contribution in [0.4, 0.5) is 0 Å². The van der Waals surface area contributed by atoms with Crippen molar-refractivity contribution in [3.63, 3.8) is 0 Å². The van der Waals surface area contributed by atoms with Crippen LogP contribution in [0.25, 0.3) is 0 Å². The van der Waals surface area contributed by atoms with E-state index >= 15 is 0 Å². The Morgan fingerprint density at radius 2 is 1.95 bits per heavy atom. The van der Waals surface area contributed by atoms with Gasteiger partial charge in [0.05, 0.1) is 0 Å². The normalized spacial score (nSPS) is 18.4. The first-order valence-corrected chi connectivity index (χ1v) is 7.75. The highest BCUT2D eigenvalue weighted by Crippen LogP contribution is 2.38. The van der Waals surface area contributed by atoms with Gasteiger partial charge in [0.15, 0.2) is 0 Å². The SMILES string of the molecule is CCOC1(c2nc(C)c(C(C)C)c(=O)[nH]2)CCCCC1. The van der Waals surface area contributed by atoms with Crippen LogP contribution in [-0.2, 0) is 10.3 Å². The van der Waals surface area contributed by atoms with Crippen molar-refractivity contribution < 1.29 is 4.74 Å². The second-order valence-corrected chi connectivity index (χ2v) is 6.06. The summed E-state index contributed by atoms with van der Waals surface area (Å²) in [4.78, 5) is 20.0. The molecule has 0 bridgehead atoms. The van der Waals surface area contributed by atoms with Crippen LogP contribution in [0.5, 0.6) is 0 Å². The Hall–Kier alpha value is -1.16. The first-order valence-electron chi connectivity index (χ1n) is 7.75. The fourth-order valence-corrected chi connectivity index (χ4v) is 3.34. The van der Waals surface area contributed by atoms with E-state index in [1.807, 2.05) is 27.7 Å². The molecular formula is C16H26N2O2. The first-order chi connectivity index (χ1) is 9.50. The molecule has 0 radical (unpaired) electrons. The Labute approximate surface area is 121 Å². The van der Waals surface area contributed by atoms with Crippen molar-refractivity contribution in [3.05, 3.63) is 27.4 Å². The Kier molecular flexibility index (Phi) is 4.63. The third-order valence-corrected chi connectivity index (χ3v) is 4.24. The van der Waals surface area contributed by atoms with Crippen molar-refractivity contribution in [2.24, 2.45) is 0 Å². The fraction of sp³-hybridized carbons (Fsp3) is 0.750. The first kappa shape index (κ1) is 15.2. The zero-order chi connectivity index (χ0) is 14.8. The zero-order valence-corrected chi connectivity index (χ0v) is 13.1. The third kappa shape index (κ3) is 2.80. The average Bonchev–Trinajstić information content (AvgIpc) is 2.38. The molecule has 0 spiro atoms. The van der Waals surface area contributed by atoms with Gasteiger partial charge in [-0.2, -0.15) is 0 Å². The molecule has 0 atom stereocenters. The number of nitrogens with one attached hydrogen (secondary N) is 1. The quantitative estimate of drug-likeness (QED) is 0.918.